The Hall–Kier alpha value is -3.02. The zero-order valence-corrected chi connectivity index (χ0v) is 16.2. The van der Waals surface area contributed by atoms with Gasteiger partial charge in [0, 0.05) is 11.1 Å². The van der Waals surface area contributed by atoms with Gasteiger partial charge in [0.05, 0.1) is 34.0 Å². The molecule has 0 bridgehead atoms. The maximum Gasteiger partial charge on any atom is 0.337 e. The van der Waals surface area contributed by atoms with E-state index in [4.69, 9.17) is 27.9 Å². The molecule has 0 saturated carbocycles. The van der Waals surface area contributed by atoms with Crippen LogP contribution in [0.15, 0.2) is 60.7 Å². The Morgan fingerprint density at radius 2 is 1.54 bits per heavy atom. The van der Waals surface area contributed by atoms with E-state index < -0.39 is 11.9 Å². The van der Waals surface area contributed by atoms with Crippen LogP contribution >= 0.6 is 23.2 Å². The molecule has 0 spiro atoms. The lowest BCUT2D eigenvalue weighted by Crippen LogP contribution is -2.16. The van der Waals surface area contributed by atoms with Crippen molar-refractivity contribution < 1.29 is 19.4 Å². The number of aromatic carboxylic acids is 1. The largest absolute Gasteiger partial charge is 0.496 e. The topological polar surface area (TPSA) is 75.6 Å². The van der Waals surface area contributed by atoms with E-state index >= 15 is 0 Å². The van der Waals surface area contributed by atoms with Crippen molar-refractivity contribution in [2.45, 2.75) is 0 Å². The zero-order valence-electron chi connectivity index (χ0n) is 14.7. The number of carbonyl (C=O) groups is 2. The van der Waals surface area contributed by atoms with Gasteiger partial charge < -0.3 is 15.2 Å². The summed E-state index contributed by atoms with van der Waals surface area (Å²) in [6, 6.07) is 16.2. The molecule has 0 radical (unpaired) electrons. The van der Waals surface area contributed by atoms with Crippen LogP contribution < -0.4 is 10.1 Å². The van der Waals surface area contributed by atoms with Gasteiger partial charge in [-0.25, -0.2) is 4.79 Å². The van der Waals surface area contributed by atoms with E-state index in [1.165, 1.54) is 19.2 Å². The van der Waals surface area contributed by atoms with Gasteiger partial charge in [-0.15, -0.1) is 0 Å². The normalized spacial score (nSPS) is 10.4. The monoisotopic (exact) mass is 415 g/mol. The summed E-state index contributed by atoms with van der Waals surface area (Å²) in [6.07, 6.45) is 0. The number of benzene rings is 3. The Morgan fingerprint density at radius 3 is 2.11 bits per heavy atom. The molecule has 0 aliphatic carbocycles. The minimum atomic E-state index is -1.21. The SMILES string of the molecule is COc1ccc(C(=O)O)c(NC(=O)c2ccccc2)c1-c1c(Cl)cccc1Cl. The van der Waals surface area contributed by atoms with Gasteiger partial charge in [-0.3, -0.25) is 4.79 Å². The fraction of sp³-hybridized carbons (Fsp3) is 0.0476. The highest BCUT2D eigenvalue weighted by Crippen LogP contribution is 2.45. The zero-order chi connectivity index (χ0) is 20.3. The Kier molecular flexibility index (Phi) is 5.87. The van der Waals surface area contributed by atoms with Crippen LogP contribution in [0.4, 0.5) is 5.69 Å². The van der Waals surface area contributed by atoms with Crippen LogP contribution in [-0.2, 0) is 0 Å². The minimum absolute atomic E-state index is 0.0516. The molecule has 142 valence electrons. The first-order chi connectivity index (χ1) is 13.4. The molecule has 3 aromatic rings. The molecular formula is C21H15Cl2NO4. The van der Waals surface area contributed by atoms with Crippen molar-refractivity contribution in [1.82, 2.24) is 0 Å². The van der Waals surface area contributed by atoms with Crippen LogP contribution in [0.3, 0.4) is 0 Å². The Balaban J connectivity index is 2.27. The maximum absolute atomic E-state index is 12.7. The van der Waals surface area contributed by atoms with Crippen LogP contribution in [0.5, 0.6) is 5.75 Å². The van der Waals surface area contributed by atoms with Crippen LogP contribution in [0.1, 0.15) is 20.7 Å². The first-order valence-electron chi connectivity index (χ1n) is 8.19. The maximum atomic E-state index is 12.7. The van der Waals surface area contributed by atoms with Gasteiger partial charge in [-0.2, -0.15) is 0 Å². The average molecular weight is 416 g/mol. The van der Waals surface area contributed by atoms with Gasteiger partial charge in [0.1, 0.15) is 5.75 Å². The van der Waals surface area contributed by atoms with Crippen molar-refractivity contribution >= 4 is 40.8 Å². The van der Waals surface area contributed by atoms with Crippen LogP contribution in [-0.4, -0.2) is 24.1 Å². The summed E-state index contributed by atoms with van der Waals surface area (Å²) < 4.78 is 5.41. The summed E-state index contributed by atoms with van der Waals surface area (Å²) in [5.74, 6) is -1.36. The van der Waals surface area contributed by atoms with E-state index in [0.717, 1.165) is 0 Å². The molecular weight excluding hydrogens is 401 g/mol. The number of ether oxygens (including phenoxy) is 1. The van der Waals surface area contributed by atoms with E-state index in [0.29, 0.717) is 32.5 Å². The first-order valence-corrected chi connectivity index (χ1v) is 8.94. The summed E-state index contributed by atoms with van der Waals surface area (Å²) >= 11 is 12.7. The Bertz CT molecular complexity index is 1030. The third-order valence-electron chi connectivity index (χ3n) is 4.10. The van der Waals surface area contributed by atoms with Gasteiger partial charge >= 0.3 is 5.97 Å². The molecule has 0 saturated heterocycles. The molecule has 0 aliphatic rings. The van der Waals surface area contributed by atoms with Gasteiger partial charge in [0.2, 0.25) is 0 Å². The fourth-order valence-electron chi connectivity index (χ4n) is 2.82. The number of carboxylic acid groups (broad SMARTS) is 1. The van der Waals surface area contributed by atoms with Crippen molar-refractivity contribution in [2.75, 3.05) is 12.4 Å². The van der Waals surface area contributed by atoms with Gasteiger partial charge in [0.15, 0.2) is 0 Å². The number of hydrogen-bond donors (Lipinski definition) is 2. The van der Waals surface area contributed by atoms with E-state index in [1.807, 2.05) is 0 Å². The second-order valence-corrected chi connectivity index (χ2v) is 6.60. The molecule has 3 rings (SSSR count). The lowest BCUT2D eigenvalue weighted by Gasteiger charge is -2.19. The number of carbonyl (C=O) groups excluding carboxylic acids is 1. The molecule has 0 aromatic heterocycles. The molecule has 0 fully saturated rings. The summed E-state index contributed by atoms with van der Waals surface area (Å²) in [7, 11) is 1.44. The molecule has 28 heavy (non-hydrogen) atoms. The smallest absolute Gasteiger partial charge is 0.337 e. The average Bonchev–Trinajstić information content (AvgIpc) is 2.68. The number of amides is 1. The van der Waals surface area contributed by atoms with E-state index in [2.05, 4.69) is 5.32 Å². The predicted octanol–water partition coefficient (Wildman–Crippen LogP) is 5.62. The first kappa shape index (κ1) is 19.7. The van der Waals surface area contributed by atoms with Gasteiger partial charge in [0.25, 0.3) is 5.91 Å². The number of nitrogens with one attached hydrogen (secondary N) is 1. The molecule has 0 atom stereocenters. The van der Waals surface area contributed by atoms with Crippen molar-refractivity contribution in [3.8, 4) is 16.9 Å². The number of halogens is 2. The van der Waals surface area contributed by atoms with Gasteiger partial charge in [-0.1, -0.05) is 47.5 Å². The van der Waals surface area contributed by atoms with Crippen LogP contribution in [0, 0.1) is 0 Å². The highest BCUT2D eigenvalue weighted by molar-refractivity contribution is 6.39. The van der Waals surface area contributed by atoms with Gasteiger partial charge in [-0.05, 0) is 36.4 Å². The molecule has 0 aliphatic heterocycles. The highest BCUT2D eigenvalue weighted by Gasteiger charge is 2.24. The molecule has 0 unspecified atom stereocenters. The summed E-state index contributed by atoms with van der Waals surface area (Å²) in [5, 5.41) is 12.9. The number of hydrogen-bond acceptors (Lipinski definition) is 3. The Morgan fingerprint density at radius 1 is 0.893 bits per heavy atom. The molecule has 2 N–H and O–H groups in total. The summed E-state index contributed by atoms with van der Waals surface area (Å²) in [5.41, 5.74) is 0.973. The third kappa shape index (κ3) is 3.81. The predicted molar refractivity (Wildman–Crippen MR) is 110 cm³/mol. The standard InChI is InChI=1S/C21H15Cl2NO4/c1-28-16-11-10-13(21(26)27)19(24-20(25)12-6-3-2-4-7-12)18(16)17-14(22)8-5-9-15(17)23/h2-11H,1H3,(H,24,25)(H,26,27). The lowest BCUT2D eigenvalue weighted by molar-refractivity contribution is 0.0698. The molecule has 0 heterocycles. The number of methoxy groups -OCH3 is 1. The van der Waals surface area contributed by atoms with Crippen LogP contribution in [0.25, 0.3) is 11.1 Å². The third-order valence-corrected chi connectivity index (χ3v) is 4.73. The van der Waals surface area contributed by atoms with Crippen molar-refractivity contribution in [1.29, 1.82) is 0 Å². The van der Waals surface area contributed by atoms with E-state index in [1.54, 1.807) is 48.5 Å². The number of rotatable bonds is 5. The summed E-state index contributed by atoms with van der Waals surface area (Å²) in [4.78, 5) is 24.6. The molecule has 1 amide bonds. The lowest BCUT2D eigenvalue weighted by atomic mass is 9.98. The number of carboxylic acids is 1. The van der Waals surface area contributed by atoms with Crippen molar-refractivity contribution in [3.05, 3.63) is 81.8 Å². The second kappa shape index (κ2) is 8.33. The second-order valence-electron chi connectivity index (χ2n) is 5.79. The molecule has 3 aromatic carbocycles. The van der Waals surface area contributed by atoms with E-state index in [9.17, 15) is 14.7 Å². The minimum Gasteiger partial charge on any atom is -0.496 e. The van der Waals surface area contributed by atoms with Crippen LogP contribution in [0.2, 0.25) is 10.0 Å². The van der Waals surface area contributed by atoms with E-state index in [-0.39, 0.29) is 11.3 Å². The quantitative estimate of drug-likeness (QED) is 0.566. The summed E-state index contributed by atoms with van der Waals surface area (Å²) in [6.45, 7) is 0. The molecule has 7 heteroatoms. The van der Waals surface area contributed by atoms with Crippen molar-refractivity contribution in [2.24, 2.45) is 0 Å². The Labute approximate surface area is 171 Å². The number of anilines is 1. The van der Waals surface area contributed by atoms with Crippen molar-refractivity contribution in [3.63, 3.8) is 0 Å². The highest BCUT2D eigenvalue weighted by atomic mass is 35.5. The molecule has 5 nitrogen and oxygen atoms in total. The fourth-order valence-corrected chi connectivity index (χ4v) is 3.41.